The highest BCUT2D eigenvalue weighted by Crippen LogP contribution is 2.26. The van der Waals surface area contributed by atoms with Gasteiger partial charge in [-0.05, 0) is 79.4 Å². The molecule has 0 aliphatic carbocycles. The van der Waals surface area contributed by atoms with Gasteiger partial charge in [-0.2, -0.15) is 0 Å². The van der Waals surface area contributed by atoms with Crippen LogP contribution in [-0.4, -0.2) is 19.0 Å². The number of carbonyl (C=O) groups is 1. The van der Waals surface area contributed by atoms with Crippen LogP contribution in [0.15, 0.2) is 71.3 Å². The van der Waals surface area contributed by atoms with Crippen LogP contribution in [0.3, 0.4) is 0 Å². The molecular weight excluding hydrogens is 350 g/mol. The summed E-state index contributed by atoms with van der Waals surface area (Å²) in [6.07, 6.45) is 4.02. The Hall–Kier alpha value is -3.21. The van der Waals surface area contributed by atoms with Gasteiger partial charge in [-0.25, -0.2) is 0 Å². The Balaban J connectivity index is 1.34. The van der Waals surface area contributed by atoms with E-state index < -0.39 is 0 Å². The Labute approximate surface area is 165 Å². The van der Waals surface area contributed by atoms with Gasteiger partial charge in [-0.1, -0.05) is 6.92 Å². The minimum absolute atomic E-state index is 0.256. The van der Waals surface area contributed by atoms with Crippen LogP contribution < -0.4 is 15.5 Å². The van der Waals surface area contributed by atoms with Crippen LogP contribution in [0.5, 0.6) is 0 Å². The van der Waals surface area contributed by atoms with E-state index in [4.69, 9.17) is 4.42 Å². The lowest BCUT2D eigenvalue weighted by atomic mass is 9.99. The molecule has 28 heavy (non-hydrogen) atoms. The number of rotatable bonds is 5. The average molecular weight is 375 g/mol. The Morgan fingerprint density at radius 2 is 1.54 bits per heavy atom. The van der Waals surface area contributed by atoms with Gasteiger partial charge < -0.3 is 20.0 Å². The first kappa shape index (κ1) is 18.2. The molecule has 0 atom stereocenters. The van der Waals surface area contributed by atoms with Crippen molar-refractivity contribution in [3.05, 3.63) is 72.7 Å². The monoisotopic (exact) mass is 375 g/mol. The third-order valence-electron chi connectivity index (χ3n) is 5.19. The lowest BCUT2D eigenvalue weighted by Gasteiger charge is -2.32. The summed E-state index contributed by atoms with van der Waals surface area (Å²) in [6, 6.07) is 19.5. The highest BCUT2D eigenvalue weighted by Gasteiger charge is 2.15. The number of nitrogens with zero attached hydrogens (tertiary/aromatic N) is 1. The van der Waals surface area contributed by atoms with Crippen molar-refractivity contribution in [2.24, 2.45) is 5.92 Å². The lowest BCUT2D eigenvalue weighted by Crippen LogP contribution is -2.32. The van der Waals surface area contributed by atoms with Crippen molar-refractivity contribution in [2.75, 3.05) is 28.6 Å². The van der Waals surface area contributed by atoms with E-state index in [-0.39, 0.29) is 5.91 Å². The zero-order chi connectivity index (χ0) is 19.3. The molecule has 1 saturated heterocycles. The van der Waals surface area contributed by atoms with Crippen molar-refractivity contribution in [3.63, 3.8) is 0 Å². The lowest BCUT2D eigenvalue weighted by molar-refractivity contribution is 0.0996. The van der Waals surface area contributed by atoms with E-state index in [9.17, 15) is 4.79 Å². The van der Waals surface area contributed by atoms with Gasteiger partial charge in [-0.3, -0.25) is 4.79 Å². The van der Waals surface area contributed by atoms with E-state index in [0.29, 0.717) is 5.76 Å². The molecule has 5 nitrogen and oxygen atoms in total. The van der Waals surface area contributed by atoms with E-state index in [1.165, 1.54) is 24.8 Å². The summed E-state index contributed by atoms with van der Waals surface area (Å²) >= 11 is 0. The standard InChI is InChI=1S/C23H25N3O2/c1-17-12-14-26(15-13-17)21-10-8-19(9-11-21)24-18-4-6-20(7-5-18)25-23(27)22-3-2-16-28-22/h2-11,16-17,24H,12-15H2,1H3,(H,25,27). The molecule has 2 heterocycles. The fourth-order valence-corrected chi connectivity index (χ4v) is 3.43. The first-order valence-corrected chi connectivity index (χ1v) is 9.74. The van der Waals surface area contributed by atoms with Gasteiger partial charge in [0.2, 0.25) is 0 Å². The van der Waals surface area contributed by atoms with Gasteiger partial charge in [0.25, 0.3) is 5.91 Å². The molecule has 0 saturated carbocycles. The highest BCUT2D eigenvalue weighted by atomic mass is 16.3. The zero-order valence-corrected chi connectivity index (χ0v) is 16.0. The predicted octanol–water partition coefficient (Wildman–Crippen LogP) is 5.51. The maximum Gasteiger partial charge on any atom is 0.291 e. The second-order valence-corrected chi connectivity index (χ2v) is 7.35. The quantitative estimate of drug-likeness (QED) is 0.617. The normalized spacial score (nSPS) is 14.7. The molecule has 1 aliphatic heterocycles. The summed E-state index contributed by atoms with van der Waals surface area (Å²) in [5.74, 6) is 0.878. The van der Waals surface area contributed by atoms with Gasteiger partial charge >= 0.3 is 0 Å². The molecular formula is C23H25N3O2. The molecule has 2 N–H and O–H groups in total. The van der Waals surface area contributed by atoms with Crippen LogP contribution in [0.4, 0.5) is 22.7 Å². The number of hydrogen-bond acceptors (Lipinski definition) is 4. The molecule has 2 aromatic carbocycles. The maximum absolute atomic E-state index is 12.0. The summed E-state index contributed by atoms with van der Waals surface area (Å²) in [5, 5.41) is 6.22. The molecule has 3 aromatic rings. The molecule has 0 spiro atoms. The fourth-order valence-electron chi connectivity index (χ4n) is 3.43. The van der Waals surface area contributed by atoms with Gasteiger partial charge in [-0.15, -0.1) is 0 Å². The van der Waals surface area contributed by atoms with E-state index in [1.807, 2.05) is 24.3 Å². The molecule has 0 bridgehead atoms. The summed E-state index contributed by atoms with van der Waals surface area (Å²) in [7, 11) is 0. The summed E-state index contributed by atoms with van der Waals surface area (Å²) in [4.78, 5) is 14.5. The maximum atomic E-state index is 12.0. The first-order valence-electron chi connectivity index (χ1n) is 9.74. The molecule has 4 rings (SSSR count). The molecule has 1 aliphatic rings. The Morgan fingerprint density at radius 3 is 2.14 bits per heavy atom. The minimum atomic E-state index is -0.256. The SMILES string of the molecule is CC1CCN(c2ccc(Nc3ccc(NC(=O)c4ccco4)cc3)cc2)CC1. The van der Waals surface area contributed by atoms with E-state index in [2.05, 4.69) is 46.7 Å². The number of benzene rings is 2. The highest BCUT2D eigenvalue weighted by molar-refractivity contribution is 6.02. The summed E-state index contributed by atoms with van der Waals surface area (Å²) in [5.41, 5.74) is 4.02. The Bertz CT molecular complexity index is 894. The number of nitrogens with one attached hydrogen (secondary N) is 2. The Morgan fingerprint density at radius 1 is 0.929 bits per heavy atom. The third kappa shape index (κ3) is 4.36. The van der Waals surface area contributed by atoms with Gasteiger partial charge in [0.1, 0.15) is 0 Å². The van der Waals surface area contributed by atoms with Crippen LogP contribution in [0, 0.1) is 5.92 Å². The van der Waals surface area contributed by atoms with E-state index in [0.717, 1.165) is 36.1 Å². The topological polar surface area (TPSA) is 57.5 Å². The van der Waals surface area contributed by atoms with E-state index in [1.54, 1.807) is 12.1 Å². The molecule has 1 amide bonds. The largest absolute Gasteiger partial charge is 0.459 e. The predicted molar refractivity (Wildman–Crippen MR) is 113 cm³/mol. The van der Waals surface area contributed by atoms with Crippen LogP contribution in [0.25, 0.3) is 0 Å². The van der Waals surface area contributed by atoms with Crippen molar-refractivity contribution in [2.45, 2.75) is 19.8 Å². The molecule has 1 fully saturated rings. The summed E-state index contributed by atoms with van der Waals surface area (Å²) in [6.45, 7) is 4.61. The molecule has 5 heteroatoms. The van der Waals surface area contributed by atoms with Crippen molar-refractivity contribution >= 4 is 28.7 Å². The van der Waals surface area contributed by atoms with Crippen molar-refractivity contribution in [1.29, 1.82) is 0 Å². The molecule has 1 aromatic heterocycles. The minimum Gasteiger partial charge on any atom is -0.459 e. The second kappa shape index (κ2) is 8.21. The Kier molecular flexibility index (Phi) is 5.33. The van der Waals surface area contributed by atoms with Crippen LogP contribution >= 0.6 is 0 Å². The number of anilines is 4. The second-order valence-electron chi connectivity index (χ2n) is 7.35. The van der Waals surface area contributed by atoms with Crippen LogP contribution in [-0.2, 0) is 0 Å². The average Bonchev–Trinajstić information content (AvgIpc) is 3.26. The van der Waals surface area contributed by atoms with Crippen molar-refractivity contribution in [1.82, 2.24) is 0 Å². The van der Waals surface area contributed by atoms with Crippen LogP contribution in [0.1, 0.15) is 30.3 Å². The summed E-state index contributed by atoms with van der Waals surface area (Å²) < 4.78 is 5.10. The number of carbonyl (C=O) groups excluding carboxylic acids is 1. The smallest absolute Gasteiger partial charge is 0.291 e. The van der Waals surface area contributed by atoms with Gasteiger partial charge in [0.05, 0.1) is 6.26 Å². The van der Waals surface area contributed by atoms with Gasteiger partial charge in [0, 0.05) is 35.8 Å². The molecule has 144 valence electrons. The number of amides is 1. The van der Waals surface area contributed by atoms with E-state index >= 15 is 0 Å². The fraction of sp³-hybridized carbons (Fsp3) is 0.261. The van der Waals surface area contributed by atoms with Crippen molar-refractivity contribution < 1.29 is 9.21 Å². The number of piperidine rings is 1. The zero-order valence-electron chi connectivity index (χ0n) is 16.0. The molecule has 0 unspecified atom stereocenters. The van der Waals surface area contributed by atoms with Gasteiger partial charge in [0.15, 0.2) is 5.76 Å². The number of furan rings is 1. The third-order valence-corrected chi connectivity index (χ3v) is 5.19. The molecule has 0 radical (unpaired) electrons. The van der Waals surface area contributed by atoms with Crippen molar-refractivity contribution in [3.8, 4) is 0 Å². The van der Waals surface area contributed by atoms with Crippen LogP contribution in [0.2, 0.25) is 0 Å². The number of hydrogen-bond donors (Lipinski definition) is 2. The first-order chi connectivity index (χ1) is 13.7.